The second kappa shape index (κ2) is 5.22. The van der Waals surface area contributed by atoms with Gasteiger partial charge in [-0.25, -0.2) is 4.98 Å². The van der Waals surface area contributed by atoms with Crippen LogP contribution in [0.3, 0.4) is 0 Å². The van der Waals surface area contributed by atoms with E-state index in [9.17, 15) is 0 Å². The van der Waals surface area contributed by atoms with Crippen molar-refractivity contribution in [3.8, 4) is 12.3 Å². The summed E-state index contributed by atoms with van der Waals surface area (Å²) in [5.41, 5.74) is 0.862. The molecule has 0 spiro atoms. The third-order valence-electron chi connectivity index (χ3n) is 2.42. The van der Waals surface area contributed by atoms with Crippen LogP contribution < -0.4 is 5.32 Å². The van der Waals surface area contributed by atoms with Crippen LogP contribution in [-0.4, -0.2) is 11.5 Å². The molecule has 0 aromatic carbocycles. The van der Waals surface area contributed by atoms with Crippen molar-refractivity contribution >= 4 is 16.8 Å². The lowest BCUT2D eigenvalue weighted by Gasteiger charge is -2.04. The molecule has 0 bridgehead atoms. The third kappa shape index (κ3) is 2.34. The highest BCUT2D eigenvalue weighted by Crippen LogP contribution is 2.21. The summed E-state index contributed by atoms with van der Waals surface area (Å²) in [6, 6.07) is 3.78. The molecule has 0 aliphatic carbocycles. The number of terminal acetylenes is 1. The van der Waals surface area contributed by atoms with Crippen molar-refractivity contribution in [2.24, 2.45) is 0 Å². The van der Waals surface area contributed by atoms with Crippen LogP contribution in [-0.2, 0) is 0 Å². The number of fused-ring (bicyclic) bond motifs is 1. The Labute approximate surface area is 94.9 Å². The van der Waals surface area contributed by atoms with Gasteiger partial charge in [-0.05, 0) is 25.0 Å². The maximum Gasteiger partial charge on any atom is 0.139 e. The van der Waals surface area contributed by atoms with E-state index < -0.39 is 0 Å². The van der Waals surface area contributed by atoms with Crippen molar-refractivity contribution in [3.05, 3.63) is 24.6 Å². The molecule has 0 fully saturated rings. The summed E-state index contributed by atoms with van der Waals surface area (Å²) in [7, 11) is 0. The van der Waals surface area contributed by atoms with Crippen molar-refractivity contribution < 1.29 is 4.42 Å². The molecule has 16 heavy (non-hydrogen) atoms. The van der Waals surface area contributed by atoms with Gasteiger partial charge in [0, 0.05) is 19.2 Å². The van der Waals surface area contributed by atoms with Crippen molar-refractivity contribution in [2.45, 2.75) is 19.3 Å². The lowest BCUT2D eigenvalue weighted by atomic mass is 10.2. The van der Waals surface area contributed by atoms with E-state index in [1.165, 1.54) is 0 Å². The van der Waals surface area contributed by atoms with Gasteiger partial charge in [0.25, 0.3) is 0 Å². The van der Waals surface area contributed by atoms with E-state index in [1.807, 2.05) is 12.1 Å². The number of hydrogen-bond donors (Lipinski definition) is 1. The van der Waals surface area contributed by atoms with Crippen LogP contribution in [0.5, 0.6) is 0 Å². The topological polar surface area (TPSA) is 38.1 Å². The van der Waals surface area contributed by atoms with Crippen LogP contribution in [0.2, 0.25) is 0 Å². The molecule has 2 aromatic rings. The molecule has 2 rings (SSSR count). The highest BCUT2D eigenvalue weighted by Gasteiger charge is 2.02. The van der Waals surface area contributed by atoms with Gasteiger partial charge in [-0.15, -0.1) is 12.3 Å². The number of aromatic nitrogens is 1. The van der Waals surface area contributed by atoms with Crippen LogP contribution in [0.1, 0.15) is 19.3 Å². The Morgan fingerprint density at radius 1 is 1.38 bits per heavy atom. The zero-order valence-corrected chi connectivity index (χ0v) is 9.07. The summed E-state index contributed by atoms with van der Waals surface area (Å²) in [6.07, 6.45) is 11.5. The van der Waals surface area contributed by atoms with E-state index in [0.29, 0.717) is 0 Å². The van der Waals surface area contributed by atoms with E-state index >= 15 is 0 Å². The number of unbranched alkanes of at least 4 members (excludes halogenated alkanes) is 2. The van der Waals surface area contributed by atoms with Gasteiger partial charge in [-0.1, -0.05) is 0 Å². The number of anilines is 1. The summed E-state index contributed by atoms with van der Waals surface area (Å²) in [5, 5.41) is 4.32. The highest BCUT2D eigenvalue weighted by atomic mass is 16.3. The number of pyridine rings is 1. The Morgan fingerprint density at radius 2 is 2.31 bits per heavy atom. The van der Waals surface area contributed by atoms with Gasteiger partial charge in [0.05, 0.1) is 11.6 Å². The summed E-state index contributed by atoms with van der Waals surface area (Å²) < 4.78 is 5.30. The monoisotopic (exact) mass is 214 g/mol. The average molecular weight is 214 g/mol. The smallest absolute Gasteiger partial charge is 0.139 e. The van der Waals surface area contributed by atoms with Crippen LogP contribution in [0, 0.1) is 12.3 Å². The Hall–Kier alpha value is -1.95. The minimum absolute atomic E-state index is 0.838. The minimum Gasteiger partial charge on any atom is -0.464 e. The molecule has 2 aromatic heterocycles. The van der Waals surface area contributed by atoms with E-state index in [1.54, 1.807) is 12.5 Å². The van der Waals surface area contributed by atoms with Gasteiger partial charge < -0.3 is 9.73 Å². The number of nitrogens with zero attached hydrogens (tertiary/aromatic N) is 1. The summed E-state index contributed by atoms with van der Waals surface area (Å²) in [6.45, 7) is 0.888. The van der Waals surface area contributed by atoms with Crippen LogP contribution in [0.15, 0.2) is 29.0 Å². The average Bonchev–Trinajstić information content (AvgIpc) is 2.77. The van der Waals surface area contributed by atoms with Crippen molar-refractivity contribution in [3.63, 3.8) is 0 Å². The zero-order chi connectivity index (χ0) is 11.2. The Bertz CT molecular complexity index is 496. The predicted octanol–water partition coefficient (Wildman–Crippen LogP) is 3.04. The fraction of sp³-hybridized carbons (Fsp3) is 0.308. The first-order valence-electron chi connectivity index (χ1n) is 5.41. The number of hydrogen-bond acceptors (Lipinski definition) is 3. The molecule has 0 saturated heterocycles. The van der Waals surface area contributed by atoms with Gasteiger partial charge in [-0.2, -0.15) is 0 Å². The van der Waals surface area contributed by atoms with Gasteiger partial charge in [0.2, 0.25) is 0 Å². The first-order chi connectivity index (χ1) is 7.92. The van der Waals surface area contributed by atoms with Crippen LogP contribution in [0.4, 0.5) is 5.82 Å². The maximum absolute atomic E-state index is 5.30. The summed E-state index contributed by atoms with van der Waals surface area (Å²) in [5.74, 6) is 3.51. The van der Waals surface area contributed by atoms with E-state index in [-0.39, 0.29) is 0 Å². The predicted molar refractivity (Wildman–Crippen MR) is 65.2 cm³/mol. The molecule has 1 N–H and O–H groups in total. The molecule has 3 nitrogen and oxygen atoms in total. The van der Waals surface area contributed by atoms with Gasteiger partial charge >= 0.3 is 0 Å². The molecule has 0 aliphatic heterocycles. The maximum atomic E-state index is 5.30. The van der Waals surface area contributed by atoms with Gasteiger partial charge in [0.15, 0.2) is 0 Å². The van der Waals surface area contributed by atoms with Gasteiger partial charge in [0.1, 0.15) is 11.4 Å². The van der Waals surface area contributed by atoms with Crippen LogP contribution in [0.25, 0.3) is 11.0 Å². The van der Waals surface area contributed by atoms with E-state index in [0.717, 1.165) is 42.6 Å². The molecule has 3 heteroatoms. The molecule has 82 valence electrons. The van der Waals surface area contributed by atoms with E-state index in [4.69, 9.17) is 10.8 Å². The van der Waals surface area contributed by atoms with Crippen LogP contribution >= 0.6 is 0 Å². The second-order valence-corrected chi connectivity index (χ2v) is 3.58. The molecule has 0 aliphatic rings. The highest BCUT2D eigenvalue weighted by molar-refractivity contribution is 5.87. The fourth-order valence-electron chi connectivity index (χ4n) is 1.59. The minimum atomic E-state index is 0.838. The molecule has 0 radical (unpaired) electrons. The molecule has 0 atom stereocenters. The number of rotatable bonds is 5. The van der Waals surface area contributed by atoms with Crippen molar-refractivity contribution in [2.75, 3.05) is 11.9 Å². The standard InChI is InChI=1S/C13H14N2O/c1-2-3-4-5-8-14-13-11-7-10-16-12(11)6-9-15-13/h1,6-7,9-10H,3-5,8H2,(H,14,15). The first-order valence-corrected chi connectivity index (χ1v) is 5.41. The zero-order valence-electron chi connectivity index (χ0n) is 9.07. The van der Waals surface area contributed by atoms with Gasteiger partial charge in [-0.3, -0.25) is 0 Å². The summed E-state index contributed by atoms with van der Waals surface area (Å²) >= 11 is 0. The third-order valence-corrected chi connectivity index (χ3v) is 2.42. The normalized spacial score (nSPS) is 10.2. The molecular formula is C13H14N2O. The Morgan fingerprint density at radius 3 is 3.19 bits per heavy atom. The SMILES string of the molecule is C#CCCCCNc1nccc2occc12. The summed E-state index contributed by atoms with van der Waals surface area (Å²) in [4.78, 5) is 4.29. The van der Waals surface area contributed by atoms with E-state index in [2.05, 4.69) is 16.2 Å². The van der Waals surface area contributed by atoms with Crippen molar-refractivity contribution in [1.82, 2.24) is 4.98 Å². The molecular weight excluding hydrogens is 200 g/mol. The Balaban J connectivity index is 1.94. The second-order valence-electron chi connectivity index (χ2n) is 3.58. The molecule has 2 heterocycles. The number of nitrogens with one attached hydrogen (secondary N) is 1. The lowest BCUT2D eigenvalue weighted by Crippen LogP contribution is -2.03. The molecule has 0 amide bonds. The first kappa shape index (κ1) is 10.6. The molecule has 0 unspecified atom stereocenters. The fourth-order valence-corrected chi connectivity index (χ4v) is 1.59. The quantitative estimate of drug-likeness (QED) is 0.614. The van der Waals surface area contributed by atoms with Crippen molar-refractivity contribution in [1.29, 1.82) is 0 Å². The number of furan rings is 1. The molecule has 0 saturated carbocycles. The lowest BCUT2D eigenvalue weighted by molar-refractivity contribution is 0.615. The Kier molecular flexibility index (Phi) is 3.45. The largest absolute Gasteiger partial charge is 0.464 e.